The van der Waals surface area contributed by atoms with Crippen molar-refractivity contribution in [1.29, 1.82) is 0 Å². The molecule has 0 saturated carbocycles. The summed E-state index contributed by atoms with van der Waals surface area (Å²) in [6, 6.07) is 20.4. The molecule has 8 heteroatoms. The molecule has 2 N–H and O–H groups in total. The number of nitrogens with zero attached hydrogens (tertiary/aromatic N) is 3. The molecule has 0 spiro atoms. The highest BCUT2D eigenvalue weighted by atomic mass is 16.2. The first-order valence-corrected chi connectivity index (χ1v) is 11.0. The van der Waals surface area contributed by atoms with Crippen LogP contribution in [-0.2, 0) is 11.8 Å². The van der Waals surface area contributed by atoms with Gasteiger partial charge in [0, 0.05) is 29.7 Å². The van der Waals surface area contributed by atoms with E-state index in [0.717, 1.165) is 17.1 Å². The lowest BCUT2D eigenvalue weighted by Gasteiger charge is -2.10. The summed E-state index contributed by atoms with van der Waals surface area (Å²) in [6.07, 6.45) is 0. The smallest absolute Gasteiger partial charge is 0.295 e. The van der Waals surface area contributed by atoms with Crippen LogP contribution in [0.25, 0.3) is 11.4 Å². The van der Waals surface area contributed by atoms with Gasteiger partial charge in [-0.25, -0.2) is 4.68 Å². The topological polar surface area (TPSA) is 90.1 Å². The molecule has 0 bridgehead atoms. The average Bonchev–Trinajstić information content (AvgIpc) is 3.28. The Morgan fingerprint density at radius 3 is 2.06 bits per heavy atom. The Morgan fingerprint density at radius 1 is 0.824 bits per heavy atom. The Bertz CT molecular complexity index is 1390. The fraction of sp³-hybridized carbons (Fsp3) is 0.192. The highest BCUT2D eigenvalue weighted by Gasteiger charge is 2.18. The molecule has 0 atom stereocenters. The van der Waals surface area contributed by atoms with Crippen molar-refractivity contribution in [2.24, 2.45) is 7.05 Å². The fourth-order valence-corrected chi connectivity index (χ4v) is 4.00. The number of amides is 2. The minimum Gasteiger partial charge on any atom is -0.343 e. The van der Waals surface area contributed by atoms with Crippen molar-refractivity contribution in [3.05, 3.63) is 99.7 Å². The maximum Gasteiger partial charge on any atom is 0.295 e. The van der Waals surface area contributed by atoms with Crippen LogP contribution < -0.4 is 16.2 Å². The van der Waals surface area contributed by atoms with E-state index in [1.807, 2.05) is 68.4 Å². The monoisotopic (exact) mass is 457 g/mol. The molecule has 2 amide bonds. The van der Waals surface area contributed by atoms with Crippen LogP contribution in [0.5, 0.6) is 0 Å². The lowest BCUT2D eigenvalue weighted by atomic mass is 10.2. The third-order valence-corrected chi connectivity index (χ3v) is 5.89. The van der Waals surface area contributed by atoms with Crippen LogP contribution in [0.3, 0.4) is 0 Å². The minimum absolute atomic E-state index is 0.187. The molecule has 2 heterocycles. The molecule has 34 heavy (non-hydrogen) atoms. The van der Waals surface area contributed by atoms with Crippen LogP contribution in [0.15, 0.2) is 71.5 Å². The second kappa shape index (κ2) is 9.27. The zero-order valence-corrected chi connectivity index (χ0v) is 19.6. The molecule has 8 nitrogen and oxygen atoms in total. The second-order valence-corrected chi connectivity index (χ2v) is 8.17. The largest absolute Gasteiger partial charge is 0.343 e. The van der Waals surface area contributed by atoms with Gasteiger partial charge in [-0.2, -0.15) is 0 Å². The van der Waals surface area contributed by atoms with Crippen molar-refractivity contribution in [3.63, 3.8) is 0 Å². The van der Waals surface area contributed by atoms with Gasteiger partial charge in [-0.1, -0.05) is 18.2 Å². The molecular weight excluding hydrogens is 430 g/mol. The van der Waals surface area contributed by atoms with Crippen LogP contribution in [0.4, 0.5) is 5.69 Å². The number of nitrogens with one attached hydrogen (secondary N) is 2. The predicted octanol–water partition coefficient (Wildman–Crippen LogP) is 3.26. The molecule has 0 unspecified atom stereocenters. The summed E-state index contributed by atoms with van der Waals surface area (Å²) in [4.78, 5) is 38.0. The van der Waals surface area contributed by atoms with Gasteiger partial charge in [0.15, 0.2) is 0 Å². The van der Waals surface area contributed by atoms with Crippen LogP contribution in [-0.4, -0.2) is 32.3 Å². The van der Waals surface area contributed by atoms with Crippen molar-refractivity contribution in [2.75, 3.05) is 11.9 Å². The van der Waals surface area contributed by atoms with Gasteiger partial charge in [-0.05, 0) is 69.3 Å². The standard InChI is InChI=1S/C26H27N5O3/c1-17-10-11-18(2)30(17)21-14-12-20(13-15-21)25(33)27-16-23(32)28-24-19(3)29(4)31(26(24)34)22-8-6-5-7-9-22/h5-15H,16H2,1-4H3,(H,27,33)(H,28,32). The maximum atomic E-state index is 12.9. The number of aromatic nitrogens is 3. The number of aryl methyl sites for hydroxylation is 2. The van der Waals surface area contributed by atoms with Crippen LogP contribution in [0, 0.1) is 20.8 Å². The highest BCUT2D eigenvalue weighted by molar-refractivity contribution is 5.99. The maximum absolute atomic E-state index is 12.9. The number of hydrogen-bond acceptors (Lipinski definition) is 3. The van der Waals surface area contributed by atoms with Crippen molar-refractivity contribution >= 4 is 17.5 Å². The van der Waals surface area contributed by atoms with Gasteiger partial charge in [0.25, 0.3) is 11.5 Å². The summed E-state index contributed by atoms with van der Waals surface area (Å²) in [6.45, 7) is 5.55. The zero-order chi connectivity index (χ0) is 24.4. The molecule has 2 aromatic heterocycles. The number of rotatable bonds is 6. The normalized spacial score (nSPS) is 10.8. The first-order valence-electron chi connectivity index (χ1n) is 11.0. The third kappa shape index (κ3) is 4.30. The van der Waals surface area contributed by atoms with E-state index in [2.05, 4.69) is 15.2 Å². The van der Waals surface area contributed by atoms with E-state index in [4.69, 9.17) is 0 Å². The first kappa shape index (κ1) is 22.8. The average molecular weight is 458 g/mol. The first-order chi connectivity index (χ1) is 16.3. The van der Waals surface area contributed by atoms with Gasteiger partial charge in [-0.15, -0.1) is 0 Å². The molecule has 0 aliphatic carbocycles. The van der Waals surface area contributed by atoms with E-state index >= 15 is 0 Å². The number of para-hydroxylation sites is 1. The fourth-order valence-electron chi connectivity index (χ4n) is 4.00. The van der Waals surface area contributed by atoms with Crippen LogP contribution in [0.2, 0.25) is 0 Å². The summed E-state index contributed by atoms with van der Waals surface area (Å²) in [5, 5.41) is 5.26. The molecule has 4 rings (SSSR count). The number of carbonyl (C=O) groups excluding carboxylic acids is 2. The molecule has 0 aliphatic heterocycles. The number of anilines is 1. The SMILES string of the molecule is Cc1ccc(C)n1-c1ccc(C(=O)NCC(=O)Nc2c(C)n(C)n(-c3ccccc3)c2=O)cc1. The van der Waals surface area contributed by atoms with E-state index in [9.17, 15) is 14.4 Å². The summed E-state index contributed by atoms with van der Waals surface area (Å²) < 4.78 is 5.26. The van der Waals surface area contributed by atoms with Crippen molar-refractivity contribution in [3.8, 4) is 11.4 Å². The van der Waals surface area contributed by atoms with E-state index in [1.54, 1.807) is 30.8 Å². The molecule has 174 valence electrons. The lowest BCUT2D eigenvalue weighted by Crippen LogP contribution is -2.34. The van der Waals surface area contributed by atoms with Crippen molar-refractivity contribution in [2.45, 2.75) is 20.8 Å². The van der Waals surface area contributed by atoms with Gasteiger partial charge < -0.3 is 15.2 Å². The molecule has 0 saturated heterocycles. The summed E-state index contributed by atoms with van der Waals surface area (Å²) >= 11 is 0. The molecule has 2 aromatic carbocycles. The van der Waals surface area contributed by atoms with Crippen LogP contribution in [0.1, 0.15) is 27.4 Å². The molecule has 0 fully saturated rings. The van der Waals surface area contributed by atoms with Crippen molar-refractivity contribution in [1.82, 2.24) is 19.2 Å². The van der Waals surface area contributed by atoms with Crippen molar-refractivity contribution < 1.29 is 9.59 Å². The number of hydrogen-bond donors (Lipinski definition) is 2. The zero-order valence-electron chi connectivity index (χ0n) is 19.6. The Hall–Kier alpha value is -4.33. The van der Waals surface area contributed by atoms with Gasteiger partial charge in [0.05, 0.1) is 17.9 Å². The molecule has 0 radical (unpaired) electrons. The lowest BCUT2D eigenvalue weighted by molar-refractivity contribution is -0.115. The highest BCUT2D eigenvalue weighted by Crippen LogP contribution is 2.17. The number of carbonyl (C=O) groups is 2. The van der Waals surface area contributed by atoms with Gasteiger partial charge >= 0.3 is 0 Å². The van der Waals surface area contributed by atoms with E-state index in [1.165, 1.54) is 4.68 Å². The molecule has 4 aromatic rings. The summed E-state index contributed by atoms with van der Waals surface area (Å²) in [7, 11) is 1.75. The second-order valence-electron chi connectivity index (χ2n) is 8.17. The Morgan fingerprint density at radius 2 is 1.44 bits per heavy atom. The third-order valence-electron chi connectivity index (χ3n) is 5.89. The van der Waals surface area contributed by atoms with Gasteiger partial charge in [0.2, 0.25) is 5.91 Å². The van der Waals surface area contributed by atoms with E-state index in [-0.39, 0.29) is 23.7 Å². The minimum atomic E-state index is -0.477. The number of benzene rings is 2. The summed E-state index contributed by atoms with van der Waals surface area (Å²) in [5.41, 5.74) is 4.78. The predicted molar refractivity (Wildman–Crippen MR) is 132 cm³/mol. The Kier molecular flexibility index (Phi) is 6.23. The van der Waals surface area contributed by atoms with Gasteiger partial charge in [-0.3, -0.25) is 19.1 Å². The Labute approximate surface area is 197 Å². The summed E-state index contributed by atoms with van der Waals surface area (Å²) in [5.74, 6) is -0.844. The quantitative estimate of drug-likeness (QED) is 0.466. The van der Waals surface area contributed by atoms with Gasteiger partial charge in [0.1, 0.15) is 5.69 Å². The molecule has 0 aliphatic rings. The van der Waals surface area contributed by atoms with Crippen LogP contribution >= 0.6 is 0 Å². The van der Waals surface area contributed by atoms with E-state index < -0.39 is 5.91 Å². The molecular formula is C26H27N5O3. The Balaban J connectivity index is 1.42. The van der Waals surface area contributed by atoms with E-state index in [0.29, 0.717) is 16.9 Å².